The van der Waals surface area contributed by atoms with Crippen molar-refractivity contribution in [2.75, 3.05) is 91.7 Å². The van der Waals surface area contributed by atoms with Crippen LogP contribution in [-0.4, -0.2) is 224 Å². The van der Waals surface area contributed by atoms with Crippen molar-refractivity contribution in [3.8, 4) is 64.4 Å². The maximum Gasteiger partial charge on any atom is 0.382 e. The molecular weight excluding hydrogens is 1750 g/mol. The molecule has 5 atom stereocenters. The van der Waals surface area contributed by atoms with E-state index in [0.29, 0.717) is 91.0 Å². The van der Waals surface area contributed by atoms with Crippen molar-refractivity contribution in [1.82, 2.24) is 80.0 Å². The van der Waals surface area contributed by atoms with Crippen molar-refractivity contribution in [1.29, 1.82) is 5.26 Å². The minimum absolute atomic E-state index is 0. The number of carbonyl (C=O) groups excluding carboxylic acids is 10. The smallest absolute Gasteiger partial charge is 0.382 e. The number of imide groups is 3. The first-order valence-electron chi connectivity index (χ1n) is 44.7. The molecule has 10 aliphatic heterocycles. The van der Waals surface area contributed by atoms with E-state index < -0.39 is 41.8 Å². The summed E-state index contributed by atoms with van der Waals surface area (Å²) >= 11 is 0. The summed E-state index contributed by atoms with van der Waals surface area (Å²) in [7, 11) is 0. The molecule has 36 heteroatoms. The number of aliphatic hydroxyl groups is 1. The zero-order chi connectivity index (χ0) is 94.8. The van der Waals surface area contributed by atoms with Crippen molar-refractivity contribution in [2.45, 2.75) is 128 Å². The Morgan fingerprint density at radius 3 is 1.26 bits per heavy atom. The Hall–Kier alpha value is -16.4. The molecule has 6 aromatic heterocycles. The first-order chi connectivity index (χ1) is 66.0. The lowest BCUT2D eigenvalue weighted by Gasteiger charge is -2.34. The van der Waals surface area contributed by atoms with Gasteiger partial charge in [0, 0.05) is 156 Å². The second kappa shape index (κ2) is 41.8. The molecule has 7 saturated heterocycles. The molecule has 0 bridgehead atoms. The average Bonchev–Trinajstić information content (AvgIpc) is 1.64. The summed E-state index contributed by atoms with van der Waals surface area (Å²) in [6.45, 7) is 9.71. The van der Waals surface area contributed by atoms with Crippen LogP contribution in [0.25, 0.3) is 34.1 Å². The Kier molecular flexibility index (Phi) is 28.6. The summed E-state index contributed by atoms with van der Waals surface area (Å²) in [6, 6.07) is 48.8. The van der Waals surface area contributed by atoms with Gasteiger partial charge in [-0.1, -0.05) is 85.7 Å². The van der Waals surface area contributed by atoms with Gasteiger partial charge in [0.25, 0.3) is 23.6 Å². The largest absolute Gasteiger partial charge is 0.472 e. The van der Waals surface area contributed by atoms with Crippen LogP contribution in [0.15, 0.2) is 176 Å². The number of piperazine rings is 2. The molecule has 34 nitrogen and oxygen atoms in total. The predicted octanol–water partition coefficient (Wildman–Crippen LogP) is 8.26. The van der Waals surface area contributed by atoms with Gasteiger partial charge in [0.15, 0.2) is 11.3 Å². The Morgan fingerprint density at radius 1 is 0.453 bits per heavy atom. The summed E-state index contributed by atoms with van der Waals surface area (Å²) in [5.74, 6) is 13.7. The third-order valence-corrected chi connectivity index (χ3v) is 25.1. The van der Waals surface area contributed by atoms with Crippen molar-refractivity contribution >= 4 is 99.6 Å². The van der Waals surface area contributed by atoms with Gasteiger partial charge >= 0.3 is 5.97 Å². The molecule has 6 N–H and O–H groups in total. The van der Waals surface area contributed by atoms with E-state index in [2.05, 4.69) is 86.5 Å². The highest BCUT2D eigenvalue weighted by Crippen LogP contribution is 2.40. The number of nitriles is 1. The number of hydrogen-bond acceptors (Lipinski definition) is 24. The summed E-state index contributed by atoms with van der Waals surface area (Å²) in [5, 5.41) is 44.7. The second-order valence-corrected chi connectivity index (χ2v) is 33.6. The van der Waals surface area contributed by atoms with Gasteiger partial charge in [0.2, 0.25) is 35.4 Å². The number of aliphatic carboxylic acids is 1. The first-order valence-corrected chi connectivity index (χ1v) is 44.7. The lowest BCUT2D eigenvalue weighted by Crippen LogP contribution is -2.52. The highest BCUT2D eigenvalue weighted by atomic mass is 19.1. The summed E-state index contributed by atoms with van der Waals surface area (Å²) in [5.41, 5.74) is 11.9. The van der Waals surface area contributed by atoms with E-state index in [9.17, 15) is 61.5 Å². The molecule has 11 aromatic rings. The lowest BCUT2D eigenvalue weighted by atomic mass is 10.0. The molecule has 0 saturated carbocycles. The molecule has 3 unspecified atom stereocenters. The fourth-order valence-corrected chi connectivity index (χ4v) is 18.5. The number of carbonyl (C=O) groups is 11. The van der Waals surface area contributed by atoms with E-state index in [1.165, 1.54) is 39.8 Å². The van der Waals surface area contributed by atoms with Crippen LogP contribution in [0.4, 0.5) is 32.1 Å². The number of nitrogens with zero attached hydrogens (tertiary/aromatic N) is 17. The first kappa shape index (κ1) is 93.8. The van der Waals surface area contributed by atoms with Gasteiger partial charge in [-0.25, -0.2) is 42.5 Å². The van der Waals surface area contributed by atoms with E-state index in [-0.39, 0.29) is 111 Å². The van der Waals surface area contributed by atoms with Crippen LogP contribution in [0.3, 0.4) is 0 Å². The quantitative estimate of drug-likeness (QED) is 0.0524. The van der Waals surface area contributed by atoms with Gasteiger partial charge in [0.1, 0.15) is 71.0 Å². The molecule has 137 heavy (non-hydrogen) atoms. The number of imidazole rings is 2. The van der Waals surface area contributed by atoms with Crippen LogP contribution >= 0.6 is 0 Å². The number of benzene rings is 5. The Balaban J connectivity index is 0.000000141. The summed E-state index contributed by atoms with van der Waals surface area (Å²) < 4.78 is 31.6. The zero-order valence-electron chi connectivity index (χ0n) is 73.8. The number of aromatic nitrogens is 8. The number of pyridine rings is 2. The van der Waals surface area contributed by atoms with Crippen molar-refractivity contribution in [3.63, 3.8) is 0 Å². The molecule has 0 aliphatic carbocycles. The summed E-state index contributed by atoms with van der Waals surface area (Å²) in [6.07, 6.45) is 9.11. The number of amides is 10. The van der Waals surface area contributed by atoms with Crippen LogP contribution < -0.4 is 40.9 Å². The second-order valence-electron chi connectivity index (χ2n) is 33.6. The molecule has 0 spiro atoms. The van der Waals surface area contributed by atoms with E-state index in [4.69, 9.17) is 35.6 Å². The minimum atomic E-state index is -1.25. The number of nitrogens with one attached hydrogen (secondary N) is 4. The minimum Gasteiger partial charge on any atom is -0.472 e. The van der Waals surface area contributed by atoms with E-state index >= 15 is 0 Å². The van der Waals surface area contributed by atoms with E-state index in [1.54, 1.807) is 90.0 Å². The van der Waals surface area contributed by atoms with Crippen molar-refractivity contribution in [3.05, 3.63) is 249 Å². The van der Waals surface area contributed by atoms with Crippen LogP contribution in [0.1, 0.15) is 166 Å². The number of halogens is 2. The molecule has 10 aliphatic rings. The van der Waals surface area contributed by atoms with Gasteiger partial charge < -0.3 is 54.7 Å². The average molecular weight is 1850 g/mol. The van der Waals surface area contributed by atoms with Gasteiger partial charge in [0.05, 0.1) is 41.9 Å². The standard InChI is InChI=1S/C41H36FN9O4.C25H26FN7.C16H12N2O5.C16H14N2O4.C2H3N.CH4/c42-29-5-1-4-27(23-29)32-7-3-17-49(32)37-14-13-35-43-24-34(51(35)46-37)31-6-2-8-36(44-31)47-18-20-48(21-19-47)39(53)16-10-26-9-11-28-25-50(41(55)30(28)22-26)33-12-15-38(52)45-40(33)54;26-19-5-1-4-18(16-19)21-7-3-13-32(21)25-10-9-23-28-17-22(33(23)30-25)20-6-2-8-24(29-20)31-14-11-27-12-15-31;19-13-5-4-12(15(22)17-13)18-8-10-3-1-9(2-6-14(20)21)7-11(10)16(18)23;19-7-1-2-10-3-4-11-9-18(16(22)12(11)8-10)13-5-6-14(20)17-15(13)21;1-2-3;/h1-2,4-6,8-9,11,13-14,22-24,32-33H,3,7,12,15,17-21,25H2,(H,45,52,54);1-2,4-6,8-10,16-17,21,27H,3,7,11-15H2;1,3,7,12H,4-5,8H2,(H,20,21)(H,17,19,22);3-4,8,13,19H,5-7,9H2,(H,17,20,21);1H3;1H4/t32-,33?;21-;;;;/m11..../s1. The van der Waals surface area contributed by atoms with Crippen LogP contribution in [0.5, 0.6) is 0 Å². The number of aliphatic hydroxyl groups excluding tert-OH is 1. The van der Waals surface area contributed by atoms with E-state index in [0.717, 1.165) is 144 Å². The topological polar surface area (TPSA) is 412 Å². The van der Waals surface area contributed by atoms with Crippen LogP contribution in [0.2, 0.25) is 0 Å². The van der Waals surface area contributed by atoms with Gasteiger partial charge in [-0.15, -0.1) is 10.2 Å². The Morgan fingerprint density at radius 2 is 0.854 bits per heavy atom. The molecule has 0 radical (unpaired) electrons. The SMILES string of the molecule is C.CC#N.Fc1cccc([C@H]2CCCN2c2ccc3ncc(-c4cccc(N5CCNCC5)n4)n3n2)c1.O=C(O)C#Cc1ccc2c(c1)C(=O)N(C1CCC(=O)NC1=O)C2.O=C1CCC(N2Cc3ccc(C#CC(=O)N4CCN(c5cccc(-c6cnc7ccc(N8CCC[C@@H]8c8cccc(F)c8)nn67)n5)CC4)cc3C2=O)C(=O)N1.O=C1CCC(N2Cc3ccc(C#CCO)cc3C2=O)C(=O)N1. The van der Waals surface area contributed by atoms with Crippen molar-refractivity contribution in [2.24, 2.45) is 0 Å². The highest BCUT2D eigenvalue weighted by Gasteiger charge is 2.43. The fraction of sp³-hybridized carbons (Fsp3) is 0.307. The van der Waals surface area contributed by atoms with E-state index in [1.807, 2.05) is 87.9 Å². The number of carboxylic acid groups (broad SMARTS) is 1. The third-order valence-electron chi connectivity index (χ3n) is 25.1. The molecule has 5 aromatic carbocycles. The third kappa shape index (κ3) is 20.8. The normalized spacial score (nSPS) is 19.1. The zero-order valence-corrected chi connectivity index (χ0v) is 73.8. The molecule has 16 heterocycles. The summed E-state index contributed by atoms with van der Waals surface area (Å²) in [4.78, 5) is 166. The van der Waals surface area contributed by atoms with Crippen LogP contribution in [0, 0.1) is 58.5 Å². The Bertz CT molecular complexity index is 6890. The lowest BCUT2D eigenvalue weighted by molar-refractivity contribution is -0.138. The predicted molar refractivity (Wildman–Crippen MR) is 499 cm³/mol. The number of rotatable bonds is 11. The maximum absolute atomic E-state index is 14.1. The fourth-order valence-electron chi connectivity index (χ4n) is 18.5. The van der Waals surface area contributed by atoms with Gasteiger partial charge in [-0.2, -0.15) is 5.26 Å². The van der Waals surface area contributed by atoms with Crippen molar-refractivity contribution < 1.29 is 71.7 Å². The van der Waals surface area contributed by atoms with Crippen LogP contribution in [-0.2, 0) is 58.0 Å². The number of hydrogen-bond donors (Lipinski definition) is 6. The molecule has 696 valence electrons. The number of carboxylic acids is 1. The van der Waals surface area contributed by atoms with Gasteiger partial charge in [-0.3, -0.25) is 63.9 Å². The number of piperidine rings is 3. The molecule has 7 fully saturated rings. The number of anilines is 4. The molecule has 10 amide bonds. The number of fused-ring (bicyclic) bond motifs is 5. The molecular formula is C101H95F2N21O13. The Labute approximate surface area is 786 Å². The highest BCUT2D eigenvalue weighted by molar-refractivity contribution is 6.08. The van der Waals surface area contributed by atoms with Gasteiger partial charge in [-0.05, 0) is 182 Å². The molecule has 21 rings (SSSR count). The maximum atomic E-state index is 14.1. The monoisotopic (exact) mass is 1850 g/mol.